The molecule has 3 aromatic rings. The zero-order valence-electron chi connectivity index (χ0n) is 18.2. The van der Waals surface area contributed by atoms with Gasteiger partial charge >= 0.3 is 18.3 Å². The maximum absolute atomic E-state index is 13.9. The zero-order valence-corrected chi connectivity index (χ0v) is 19.0. The molecule has 196 valence electrons. The molecule has 1 aliphatic carbocycles. The van der Waals surface area contributed by atoms with Crippen LogP contribution < -0.4 is 5.32 Å². The van der Waals surface area contributed by atoms with Gasteiger partial charge in [0.25, 0.3) is 5.91 Å². The minimum Gasteiger partial charge on any atom is -0.443 e. The molecule has 0 radical (unpaired) electrons. The molecule has 0 spiro atoms. The minimum absolute atomic E-state index is 0.0243. The first-order valence-electron chi connectivity index (χ1n) is 10.1. The predicted octanol–water partition coefficient (Wildman–Crippen LogP) is 5.85. The summed E-state index contributed by atoms with van der Waals surface area (Å²) in [5.74, 6) is -7.59. The molecule has 0 aliphatic heterocycles. The molecule has 7 nitrogen and oxygen atoms in total. The summed E-state index contributed by atoms with van der Waals surface area (Å²) in [5, 5.41) is 14.4. The lowest BCUT2D eigenvalue weighted by molar-refractivity contribution is -0.292. The van der Waals surface area contributed by atoms with Crippen LogP contribution in [0.15, 0.2) is 28.9 Å². The Hall–Kier alpha value is -3.67. The predicted molar refractivity (Wildman–Crippen MR) is 109 cm³/mol. The summed E-state index contributed by atoms with van der Waals surface area (Å²) in [4.78, 5) is 16.4. The summed E-state index contributed by atoms with van der Waals surface area (Å²) in [6.45, 7) is 0. The quantitative estimate of drug-likeness (QED) is 0.400. The van der Waals surface area contributed by atoms with Crippen LogP contribution in [-0.4, -0.2) is 32.4 Å². The number of hydrogen-bond donors (Lipinski definition) is 1. The van der Waals surface area contributed by atoms with Gasteiger partial charge in [-0.25, -0.2) is 4.98 Å². The third-order valence-corrected chi connectivity index (χ3v) is 5.84. The van der Waals surface area contributed by atoms with Gasteiger partial charge in [-0.15, -0.1) is 0 Å². The van der Waals surface area contributed by atoms with E-state index in [4.69, 9.17) is 21.3 Å². The van der Waals surface area contributed by atoms with Crippen molar-refractivity contribution in [2.75, 3.05) is 0 Å². The van der Waals surface area contributed by atoms with Crippen molar-refractivity contribution in [2.45, 2.75) is 36.7 Å². The van der Waals surface area contributed by atoms with Gasteiger partial charge in [0.2, 0.25) is 5.89 Å². The van der Waals surface area contributed by atoms with E-state index in [-0.39, 0.29) is 26.5 Å². The van der Waals surface area contributed by atoms with Crippen molar-refractivity contribution in [1.29, 1.82) is 5.26 Å². The SMILES string of the molecule is Cn1nc(C(F)(F)C(F)(F)F)c(C(F)(F)F)c1-c1nc(-c2ccc(Cl)c(C(=O)NC3(C#N)CC3)c2)co1. The second-order valence-corrected chi connectivity index (χ2v) is 8.55. The number of oxazole rings is 1. The van der Waals surface area contributed by atoms with Crippen molar-refractivity contribution >= 4 is 17.5 Å². The monoisotopic (exact) mass is 553 g/mol. The third-order valence-electron chi connectivity index (χ3n) is 5.51. The molecule has 4 rings (SSSR count). The van der Waals surface area contributed by atoms with Gasteiger partial charge in [-0.1, -0.05) is 17.7 Å². The number of carbonyl (C=O) groups is 1. The van der Waals surface area contributed by atoms with E-state index in [9.17, 15) is 39.9 Å². The molecule has 1 aliphatic rings. The van der Waals surface area contributed by atoms with E-state index < -0.39 is 52.6 Å². The lowest BCUT2D eigenvalue weighted by atomic mass is 10.1. The van der Waals surface area contributed by atoms with E-state index in [1.807, 2.05) is 6.07 Å². The first-order chi connectivity index (χ1) is 17.0. The van der Waals surface area contributed by atoms with E-state index in [0.717, 1.165) is 13.3 Å². The molecule has 0 atom stereocenters. The standard InChI is InChI=1S/C21H12ClF8N5O2/c1-35-14(13(20(25,26)27)15(34-35)19(23,24)21(28,29)30)17-32-12(7-37-17)9-2-3-11(22)10(6-9)16(36)33-18(8-31)4-5-18/h2-3,6-7H,4-5H2,1H3,(H,33,36). The lowest BCUT2D eigenvalue weighted by Crippen LogP contribution is -2.36. The highest BCUT2D eigenvalue weighted by Gasteiger charge is 2.64. The van der Waals surface area contributed by atoms with Crippen molar-refractivity contribution in [3.8, 4) is 28.9 Å². The largest absolute Gasteiger partial charge is 0.459 e. The van der Waals surface area contributed by atoms with Crippen LogP contribution in [0.3, 0.4) is 0 Å². The number of rotatable bonds is 5. The van der Waals surface area contributed by atoms with Gasteiger partial charge in [-0.05, 0) is 25.0 Å². The van der Waals surface area contributed by atoms with E-state index in [1.54, 1.807) is 0 Å². The van der Waals surface area contributed by atoms with Crippen LogP contribution >= 0.6 is 11.6 Å². The van der Waals surface area contributed by atoms with Crippen LogP contribution in [0.4, 0.5) is 35.1 Å². The molecule has 1 aromatic carbocycles. The Morgan fingerprint density at radius 2 is 1.84 bits per heavy atom. The fraction of sp³-hybridized carbons (Fsp3) is 0.333. The summed E-state index contributed by atoms with van der Waals surface area (Å²) in [7, 11) is 0.720. The van der Waals surface area contributed by atoms with Crippen molar-refractivity contribution < 1.29 is 44.3 Å². The van der Waals surface area contributed by atoms with Crippen molar-refractivity contribution in [1.82, 2.24) is 20.1 Å². The fourth-order valence-electron chi connectivity index (χ4n) is 3.44. The molecule has 2 heterocycles. The van der Waals surface area contributed by atoms with Gasteiger partial charge in [0.1, 0.15) is 28.8 Å². The van der Waals surface area contributed by atoms with Crippen molar-refractivity contribution in [2.24, 2.45) is 7.05 Å². The number of carbonyl (C=O) groups excluding carboxylic acids is 1. The zero-order chi connectivity index (χ0) is 27.6. The summed E-state index contributed by atoms with van der Waals surface area (Å²) in [6.07, 6.45) is -10.4. The number of alkyl halides is 8. The summed E-state index contributed by atoms with van der Waals surface area (Å²) in [6, 6.07) is 5.73. The number of nitriles is 1. The van der Waals surface area contributed by atoms with E-state index >= 15 is 0 Å². The molecule has 16 heteroatoms. The third kappa shape index (κ3) is 4.61. The normalized spacial score (nSPS) is 15.4. The van der Waals surface area contributed by atoms with Crippen LogP contribution in [0.5, 0.6) is 0 Å². The lowest BCUT2D eigenvalue weighted by Gasteiger charge is -2.19. The Bertz CT molecular complexity index is 1430. The number of nitrogens with one attached hydrogen (secondary N) is 1. The number of amides is 1. The van der Waals surface area contributed by atoms with Crippen molar-refractivity contribution in [3.63, 3.8) is 0 Å². The van der Waals surface area contributed by atoms with Gasteiger partial charge in [-0.3, -0.25) is 9.48 Å². The number of aromatic nitrogens is 3. The molecule has 1 fully saturated rings. The number of nitrogens with zero attached hydrogens (tertiary/aromatic N) is 4. The first-order valence-corrected chi connectivity index (χ1v) is 10.5. The second kappa shape index (κ2) is 8.44. The maximum Gasteiger partial charge on any atom is 0.459 e. The van der Waals surface area contributed by atoms with E-state index in [1.165, 1.54) is 18.2 Å². The van der Waals surface area contributed by atoms with Gasteiger partial charge in [0.05, 0.1) is 16.7 Å². The maximum atomic E-state index is 13.9. The van der Waals surface area contributed by atoms with Crippen LogP contribution in [0.25, 0.3) is 22.8 Å². The summed E-state index contributed by atoms with van der Waals surface area (Å²) in [5.41, 5.74) is -7.43. The number of benzene rings is 1. The van der Waals surface area contributed by atoms with Gasteiger partial charge in [0, 0.05) is 12.6 Å². The summed E-state index contributed by atoms with van der Waals surface area (Å²) < 4.78 is 113. The van der Waals surface area contributed by atoms with Crippen LogP contribution in [-0.2, 0) is 19.1 Å². The smallest absolute Gasteiger partial charge is 0.443 e. The Balaban J connectivity index is 1.77. The van der Waals surface area contributed by atoms with E-state index in [2.05, 4.69) is 15.4 Å². The average molecular weight is 554 g/mol. The molecule has 0 bridgehead atoms. The highest BCUT2D eigenvalue weighted by Crippen LogP contribution is 2.50. The average Bonchev–Trinajstić information content (AvgIpc) is 3.21. The van der Waals surface area contributed by atoms with E-state index in [0.29, 0.717) is 12.8 Å². The fourth-order valence-corrected chi connectivity index (χ4v) is 3.64. The van der Waals surface area contributed by atoms with Crippen molar-refractivity contribution in [3.05, 3.63) is 46.3 Å². The Morgan fingerprint density at radius 3 is 2.38 bits per heavy atom. The Morgan fingerprint density at radius 1 is 1.19 bits per heavy atom. The number of aryl methyl sites for hydroxylation is 1. The highest BCUT2D eigenvalue weighted by atomic mass is 35.5. The minimum atomic E-state index is -6.36. The topological polar surface area (TPSA) is 96.7 Å². The van der Waals surface area contributed by atoms with Gasteiger partial charge in [0.15, 0.2) is 5.69 Å². The van der Waals surface area contributed by atoms with Crippen LogP contribution in [0, 0.1) is 11.3 Å². The second-order valence-electron chi connectivity index (χ2n) is 8.15. The Labute approximate surface area is 206 Å². The molecule has 1 saturated carbocycles. The number of hydrogen-bond acceptors (Lipinski definition) is 5. The van der Waals surface area contributed by atoms with Crippen LogP contribution in [0.2, 0.25) is 5.02 Å². The molecular weight excluding hydrogens is 542 g/mol. The molecule has 2 aromatic heterocycles. The van der Waals surface area contributed by atoms with Crippen LogP contribution in [0.1, 0.15) is 34.5 Å². The highest BCUT2D eigenvalue weighted by molar-refractivity contribution is 6.34. The first kappa shape index (κ1) is 26.4. The molecule has 1 N–H and O–H groups in total. The van der Waals surface area contributed by atoms with Gasteiger partial charge in [-0.2, -0.15) is 45.5 Å². The molecule has 37 heavy (non-hydrogen) atoms. The Kier molecular flexibility index (Phi) is 6.02. The molecule has 0 unspecified atom stereocenters. The molecular formula is C21H12ClF8N5O2. The molecule has 0 saturated heterocycles. The number of halogens is 9. The molecule has 1 amide bonds. The van der Waals surface area contributed by atoms with Gasteiger partial charge < -0.3 is 9.73 Å². The summed E-state index contributed by atoms with van der Waals surface area (Å²) >= 11 is 6.06.